The molecule has 1 aromatic rings. The Morgan fingerprint density at radius 2 is 1.93 bits per heavy atom. The number of nitrogens with one attached hydrogen (secondary N) is 1. The zero-order valence-electron chi connectivity index (χ0n) is 7.66. The maximum atomic E-state index is 10.7. The highest BCUT2D eigenvalue weighted by atomic mass is 16.3. The lowest BCUT2D eigenvalue weighted by molar-refractivity contribution is -0.115. The van der Waals surface area contributed by atoms with Crippen molar-refractivity contribution in [2.45, 2.75) is 13.2 Å². The Morgan fingerprint density at radius 1 is 1.36 bits per heavy atom. The zero-order valence-corrected chi connectivity index (χ0v) is 7.66. The predicted octanol–water partition coefficient (Wildman–Crippen LogP) is 0.428. The fourth-order valence-electron chi connectivity index (χ4n) is 0.996. The molecule has 0 saturated heterocycles. The molecule has 0 unspecified atom stereocenters. The Morgan fingerprint density at radius 3 is 2.43 bits per heavy atom. The molecule has 0 saturated carbocycles. The van der Waals surface area contributed by atoms with Crippen LogP contribution in [0.25, 0.3) is 0 Å². The van der Waals surface area contributed by atoms with Gasteiger partial charge in [-0.15, -0.1) is 6.42 Å². The molecule has 0 aliphatic heterocycles. The SMILES string of the molecule is C#CC(=O)NCc1ccc(CO)cc1. The third kappa shape index (κ3) is 2.92. The first-order chi connectivity index (χ1) is 6.76. The Labute approximate surface area is 82.8 Å². The summed E-state index contributed by atoms with van der Waals surface area (Å²) in [7, 11) is 0. The van der Waals surface area contributed by atoms with Gasteiger partial charge in [-0.25, -0.2) is 0 Å². The van der Waals surface area contributed by atoms with Crippen molar-refractivity contribution in [1.29, 1.82) is 0 Å². The number of aliphatic hydroxyl groups excluding tert-OH is 1. The standard InChI is InChI=1S/C11H11NO2/c1-2-11(14)12-7-9-3-5-10(8-13)6-4-9/h1,3-6,13H,7-8H2,(H,12,14). The van der Waals surface area contributed by atoms with Gasteiger partial charge in [-0.1, -0.05) is 24.3 Å². The molecule has 1 aromatic carbocycles. The van der Waals surface area contributed by atoms with Gasteiger partial charge in [-0.05, 0) is 17.0 Å². The van der Waals surface area contributed by atoms with Crippen LogP contribution in [-0.2, 0) is 17.9 Å². The highest BCUT2D eigenvalue weighted by Gasteiger charge is 1.96. The number of amides is 1. The number of aliphatic hydroxyl groups is 1. The maximum Gasteiger partial charge on any atom is 0.295 e. The van der Waals surface area contributed by atoms with Crippen molar-refractivity contribution in [1.82, 2.24) is 5.32 Å². The molecule has 0 atom stereocenters. The number of benzene rings is 1. The smallest absolute Gasteiger partial charge is 0.295 e. The van der Waals surface area contributed by atoms with Crippen LogP contribution in [0.1, 0.15) is 11.1 Å². The summed E-state index contributed by atoms with van der Waals surface area (Å²) in [5, 5.41) is 11.3. The Bertz CT molecular complexity index is 349. The second-order valence-electron chi connectivity index (χ2n) is 2.80. The van der Waals surface area contributed by atoms with Crippen LogP contribution in [0, 0.1) is 12.3 Å². The van der Waals surface area contributed by atoms with Gasteiger partial charge < -0.3 is 10.4 Å². The average Bonchev–Trinajstić information content (AvgIpc) is 2.26. The number of hydrogen-bond acceptors (Lipinski definition) is 2. The maximum absolute atomic E-state index is 10.7. The summed E-state index contributed by atoms with van der Waals surface area (Å²) in [6, 6.07) is 7.28. The molecule has 0 heterocycles. The molecule has 1 rings (SSSR count). The van der Waals surface area contributed by atoms with Crippen molar-refractivity contribution in [2.24, 2.45) is 0 Å². The second-order valence-corrected chi connectivity index (χ2v) is 2.80. The van der Waals surface area contributed by atoms with Gasteiger partial charge in [-0.2, -0.15) is 0 Å². The van der Waals surface area contributed by atoms with E-state index in [0.29, 0.717) is 6.54 Å². The summed E-state index contributed by atoms with van der Waals surface area (Å²) in [5.41, 5.74) is 1.79. The van der Waals surface area contributed by atoms with Crippen LogP contribution in [0.3, 0.4) is 0 Å². The van der Waals surface area contributed by atoms with E-state index in [1.54, 1.807) is 12.1 Å². The van der Waals surface area contributed by atoms with Gasteiger partial charge in [-0.3, -0.25) is 4.79 Å². The van der Waals surface area contributed by atoms with E-state index < -0.39 is 5.91 Å². The number of carbonyl (C=O) groups is 1. The topological polar surface area (TPSA) is 49.3 Å². The van der Waals surface area contributed by atoms with Crippen LogP contribution < -0.4 is 5.32 Å². The summed E-state index contributed by atoms with van der Waals surface area (Å²) >= 11 is 0. The van der Waals surface area contributed by atoms with Gasteiger partial charge >= 0.3 is 0 Å². The van der Waals surface area contributed by atoms with E-state index >= 15 is 0 Å². The molecule has 0 radical (unpaired) electrons. The first-order valence-corrected chi connectivity index (χ1v) is 4.19. The van der Waals surface area contributed by atoms with E-state index in [9.17, 15) is 4.79 Å². The van der Waals surface area contributed by atoms with Crippen LogP contribution in [0.4, 0.5) is 0 Å². The van der Waals surface area contributed by atoms with Crippen LogP contribution in [0.15, 0.2) is 24.3 Å². The van der Waals surface area contributed by atoms with Gasteiger partial charge in [0.15, 0.2) is 0 Å². The molecule has 3 heteroatoms. The van der Waals surface area contributed by atoms with Crippen LogP contribution >= 0.6 is 0 Å². The van der Waals surface area contributed by atoms with E-state index in [1.807, 2.05) is 18.1 Å². The first kappa shape index (κ1) is 10.3. The van der Waals surface area contributed by atoms with Crippen molar-refractivity contribution in [3.63, 3.8) is 0 Å². The molecule has 3 nitrogen and oxygen atoms in total. The van der Waals surface area contributed by atoms with Crippen molar-refractivity contribution in [3.8, 4) is 12.3 Å². The lowest BCUT2D eigenvalue weighted by Gasteiger charge is -2.02. The van der Waals surface area contributed by atoms with Crippen LogP contribution in [-0.4, -0.2) is 11.0 Å². The van der Waals surface area contributed by atoms with Crippen LogP contribution in [0.2, 0.25) is 0 Å². The van der Waals surface area contributed by atoms with Crippen molar-refractivity contribution < 1.29 is 9.90 Å². The third-order valence-electron chi connectivity index (χ3n) is 1.79. The van der Waals surface area contributed by atoms with Gasteiger partial charge in [0.25, 0.3) is 5.91 Å². The molecule has 1 amide bonds. The molecule has 0 spiro atoms. The predicted molar refractivity (Wildman–Crippen MR) is 53.0 cm³/mol. The van der Waals surface area contributed by atoms with E-state index in [2.05, 4.69) is 5.32 Å². The number of hydrogen-bond donors (Lipinski definition) is 2. The monoisotopic (exact) mass is 189 g/mol. The molecule has 0 aromatic heterocycles. The number of rotatable bonds is 3. The van der Waals surface area contributed by atoms with Gasteiger partial charge in [0, 0.05) is 6.54 Å². The Kier molecular flexibility index (Phi) is 3.71. The second kappa shape index (κ2) is 5.05. The van der Waals surface area contributed by atoms with E-state index in [1.165, 1.54) is 0 Å². The zero-order chi connectivity index (χ0) is 10.4. The molecule has 0 aliphatic rings. The molecule has 0 fully saturated rings. The van der Waals surface area contributed by atoms with E-state index in [4.69, 9.17) is 11.5 Å². The lowest BCUT2D eigenvalue weighted by atomic mass is 10.1. The van der Waals surface area contributed by atoms with Crippen molar-refractivity contribution in [2.75, 3.05) is 0 Å². The van der Waals surface area contributed by atoms with Gasteiger partial charge in [0.1, 0.15) is 0 Å². The normalized spacial score (nSPS) is 9.14. The molecule has 0 aliphatic carbocycles. The van der Waals surface area contributed by atoms with Crippen LogP contribution in [0.5, 0.6) is 0 Å². The number of carbonyl (C=O) groups excluding carboxylic acids is 1. The summed E-state index contributed by atoms with van der Waals surface area (Å²) in [4.78, 5) is 10.7. The van der Waals surface area contributed by atoms with E-state index in [-0.39, 0.29) is 6.61 Å². The highest BCUT2D eigenvalue weighted by molar-refractivity contribution is 5.92. The molecule has 14 heavy (non-hydrogen) atoms. The van der Waals surface area contributed by atoms with Crippen molar-refractivity contribution in [3.05, 3.63) is 35.4 Å². The summed E-state index contributed by atoms with van der Waals surface area (Å²) in [6.45, 7) is 0.436. The Hall–Kier alpha value is -1.79. The quantitative estimate of drug-likeness (QED) is 0.677. The average molecular weight is 189 g/mol. The fourth-order valence-corrected chi connectivity index (χ4v) is 0.996. The van der Waals surface area contributed by atoms with Crippen molar-refractivity contribution >= 4 is 5.91 Å². The first-order valence-electron chi connectivity index (χ1n) is 4.19. The third-order valence-corrected chi connectivity index (χ3v) is 1.79. The lowest BCUT2D eigenvalue weighted by Crippen LogP contribution is -2.20. The summed E-state index contributed by atoms with van der Waals surface area (Å²) in [5.74, 6) is 1.55. The fraction of sp³-hybridized carbons (Fsp3) is 0.182. The molecular weight excluding hydrogens is 178 g/mol. The van der Waals surface area contributed by atoms with E-state index in [0.717, 1.165) is 11.1 Å². The van der Waals surface area contributed by atoms with Gasteiger partial charge in [0.05, 0.1) is 6.61 Å². The minimum atomic E-state index is -0.420. The largest absolute Gasteiger partial charge is 0.392 e. The minimum absolute atomic E-state index is 0.0248. The minimum Gasteiger partial charge on any atom is -0.392 e. The molecular formula is C11H11NO2. The molecule has 72 valence electrons. The van der Waals surface area contributed by atoms with Gasteiger partial charge in [0.2, 0.25) is 0 Å². The number of terminal acetylenes is 1. The highest BCUT2D eigenvalue weighted by Crippen LogP contribution is 2.03. The Balaban J connectivity index is 2.53. The molecule has 2 N–H and O–H groups in total. The molecule has 0 bridgehead atoms. The summed E-state index contributed by atoms with van der Waals surface area (Å²) < 4.78 is 0. The summed E-state index contributed by atoms with van der Waals surface area (Å²) in [6.07, 6.45) is 4.89.